The van der Waals surface area contributed by atoms with Crippen LogP contribution in [0.4, 0.5) is 5.82 Å². The summed E-state index contributed by atoms with van der Waals surface area (Å²) in [6.45, 7) is 2.12. The first-order chi connectivity index (χ1) is 7.75. The topological polar surface area (TPSA) is 37.8 Å². The molecule has 0 unspecified atom stereocenters. The first-order valence-electron chi connectivity index (χ1n) is 5.35. The zero-order chi connectivity index (χ0) is 11.4. The van der Waals surface area contributed by atoms with E-state index in [-0.39, 0.29) is 6.04 Å². The van der Waals surface area contributed by atoms with Crippen LogP contribution in [-0.4, -0.2) is 16.0 Å². The molecule has 3 nitrogen and oxygen atoms in total. The molecular formula is C12H14ClN3. The minimum absolute atomic E-state index is 0.262. The van der Waals surface area contributed by atoms with Crippen LogP contribution in [0.5, 0.6) is 0 Å². The molecule has 1 heterocycles. The molecule has 1 N–H and O–H groups in total. The maximum Gasteiger partial charge on any atom is 0.149 e. The molecule has 0 aromatic carbocycles. The molecule has 0 saturated carbocycles. The van der Waals surface area contributed by atoms with Gasteiger partial charge in [0.2, 0.25) is 0 Å². The van der Waals surface area contributed by atoms with E-state index in [9.17, 15) is 0 Å². The lowest BCUT2D eigenvalue weighted by atomic mass is 9.99. The first-order valence-corrected chi connectivity index (χ1v) is 5.73. The van der Waals surface area contributed by atoms with Gasteiger partial charge in [-0.25, -0.2) is 4.98 Å². The summed E-state index contributed by atoms with van der Waals surface area (Å²) < 4.78 is 0. The Hall–Kier alpha value is -1.35. The van der Waals surface area contributed by atoms with Gasteiger partial charge in [0.1, 0.15) is 11.0 Å². The van der Waals surface area contributed by atoms with E-state index in [1.807, 2.05) is 0 Å². The summed E-state index contributed by atoms with van der Waals surface area (Å²) in [6, 6.07) is 0.262. The number of nitrogens with one attached hydrogen (secondary N) is 1. The summed E-state index contributed by atoms with van der Waals surface area (Å²) in [4.78, 5) is 8.15. The van der Waals surface area contributed by atoms with Crippen LogP contribution in [-0.2, 0) is 0 Å². The standard InChI is InChI=1S/C12H14ClN3/c1-9(10-5-3-2-4-6-10)15-12-8-14-7-11(13)16-12/h2-3,5,7-9H,4,6H2,1H3,(H,15,16)/t9-/m0/s1. The molecule has 1 aromatic heterocycles. The molecule has 0 bridgehead atoms. The first kappa shape index (κ1) is 11.1. The van der Waals surface area contributed by atoms with Crippen LogP contribution < -0.4 is 5.32 Å². The third-order valence-electron chi connectivity index (χ3n) is 2.57. The van der Waals surface area contributed by atoms with E-state index >= 15 is 0 Å². The summed E-state index contributed by atoms with van der Waals surface area (Å²) in [7, 11) is 0. The van der Waals surface area contributed by atoms with Crippen molar-refractivity contribution in [1.29, 1.82) is 0 Å². The van der Waals surface area contributed by atoms with E-state index in [1.54, 1.807) is 6.20 Å². The van der Waals surface area contributed by atoms with Crippen molar-refractivity contribution < 1.29 is 0 Å². The summed E-state index contributed by atoms with van der Waals surface area (Å²) in [5, 5.41) is 3.70. The van der Waals surface area contributed by atoms with Crippen molar-refractivity contribution >= 4 is 17.4 Å². The Morgan fingerprint density at radius 3 is 3.00 bits per heavy atom. The van der Waals surface area contributed by atoms with Crippen molar-refractivity contribution in [2.45, 2.75) is 25.8 Å². The molecule has 0 aliphatic heterocycles. The van der Waals surface area contributed by atoms with Gasteiger partial charge in [-0.1, -0.05) is 29.8 Å². The molecule has 4 heteroatoms. The third kappa shape index (κ3) is 2.83. The van der Waals surface area contributed by atoms with Gasteiger partial charge < -0.3 is 5.32 Å². The lowest BCUT2D eigenvalue weighted by Crippen LogP contribution is -2.19. The molecular weight excluding hydrogens is 222 g/mol. The summed E-state index contributed by atoms with van der Waals surface area (Å²) in [5.41, 5.74) is 1.38. The van der Waals surface area contributed by atoms with Crippen molar-refractivity contribution in [1.82, 2.24) is 9.97 Å². The number of hydrogen-bond acceptors (Lipinski definition) is 3. The van der Waals surface area contributed by atoms with Crippen molar-refractivity contribution in [2.24, 2.45) is 0 Å². The smallest absolute Gasteiger partial charge is 0.149 e. The van der Waals surface area contributed by atoms with Crippen LogP contribution >= 0.6 is 11.6 Å². The van der Waals surface area contributed by atoms with Crippen molar-refractivity contribution in [3.05, 3.63) is 41.3 Å². The molecule has 1 aliphatic carbocycles. The molecule has 2 rings (SSSR count). The van der Waals surface area contributed by atoms with Gasteiger partial charge in [-0.3, -0.25) is 4.98 Å². The van der Waals surface area contributed by atoms with E-state index < -0.39 is 0 Å². The molecule has 0 saturated heterocycles. The van der Waals surface area contributed by atoms with Gasteiger partial charge in [0, 0.05) is 6.04 Å². The molecule has 0 amide bonds. The largest absolute Gasteiger partial charge is 0.363 e. The van der Waals surface area contributed by atoms with Gasteiger partial charge in [0.25, 0.3) is 0 Å². The Labute approximate surface area is 100 Å². The zero-order valence-electron chi connectivity index (χ0n) is 9.15. The average molecular weight is 236 g/mol. The molecule has 1 aliphatic rings. The Morgan fingerprint density at radius 1 is 1.44 bits per heavy atom. The fraction of sp³-hybridized carbons (Fsp3) is 0.333. The normalized spacial score (nSPS) is 16.8. The minimum Gasteiger partial charge on any atom is -0.363 e. The Kier molecular flexibility index (Phi) is 3.57. The van der Waals surface area contributed by atoms with Crippen LogP contribution in [0.1, 0.15) is 19.8 Å². The average Bonchev–Trinajstić information content (AvgIpc) is 2.30. The molecule has 1 atom stereocenters. The fourth-order valence-electron chi connectivity index (χ4n) is 1.71. The maximum absolute atomic E-state index is 5.77. The SMILES string of the molecule is C[C@H](Nc1cncc(Cl)n1)C1=CC=CCC1. The number of allylic oxidation sites excluding steroid dienone is 3. The van der Waals surface area contributed by atoms with Gasteiger partial charge in [0.05, 0.1) is 12.4 Å². The summed E-state index contributed by atoms with van der Waals surface area (Å²) in [5.74, 6) is 0.718. The summed E-state index contributed by atoms with van der Waals surface area (Å²) in [6.07, 6.45) is 11.8. The highest BCUT2D eigenvalue weighted by molar-refractivity contribution is 6.29. The van der Waals surface area contributed by atoms with Crippen LogP contribution in [0, 0.1) is 0 Å². The highest BCUT2D eigenvalue weighted by atomic mass is 35.5. The lowest BCUT2D eigenvalue weighted by Gasteiger charge is -2.19. The highest BCUT2D eigenvalue weighted by Crippen LogP contribution is 2.18. The van der Waals surface area contributed by atoms with Gasteiger partial charge in [0.15, 0.2) is 0 Å². The quantitative estimate of drug-likeness (QED) is 0.874. The fourth-order valence-corrected chi connectivity index (χ4v) is 1.86. The van der Waals surface area contributed by atoms with Gasteiger partial charge in [-0.2, -0.15) is 0 Å². The molecule has 0 fully saturated rings. The number of halogens is 1. The van der Waals surface area contributed by atoms with E-state index in [0.717, 1.165) is 18.7 Å². The van der Waals surface area contributed by atoms with E-state index in [0.29, 0.717) is 5.15 Å². The van der Waals surface area contributed by atoms with Crippen molar-refractivity contribution in [3.8, 4) is 0 Å². The predicted octanol–water partition coefficient (Wildman–Crippen LogP) is 3.21. The number of nitrogens with zero attached hydrogens (tertiary/aromatic N) is 2. The number of rotatable bonds is 3. The predicted molar refractivity (Wildman–Crippen MR) is 66.6 cm³/mol. The number of hydrogen-bond donors (Lipinski definition) is 1. The van der Waals surface area contributed by atoms with E-state index in [1.165, 1.54) is 11.8 Å². The van der Waals surface area contributed by atoms with Crippen LogP contribution in [0.15, 0.2) is 36.2 Å². The van der Waals surface area contributed by atoms with Crippen LogP contribution in [0.25, 0.3) is 0 Å². The molecule has 84 valence electrons. The van der Waals surface area contributed by atoms with Crippen LogP contribution in [0.3, 0.4) is 0 Å². The van der Waals surface area contributed by atoms with Crippen molar-refractivity contribution in [3.63, 3.8) is 0 Å². The van der Waals surface area contributed by atoms with Gasteiger partial charge in [-0.15, -0.1) is 0 Å². The molecule has 0 radical (unpaired) electrons. The molecule has 0 spiro atoms. The maximum atomic E-state index is 5.77. The zero-order valence-corrected chi connectivity index (χ0v) is 9.91. The van der Waals surface area contributed by atoms with Crippen molar-refractivity contribution in [2.75, 3.05) is 5.32 Å². The van der Waals surface area contributed by atoms with Gasteiger partial charge >= 0.3 is 0 Å². The molecule has 16 heavy (non-hydrogen) atoms. The second kappa shape index (κ2) is 5.12. The van der Waals surface area contributed by atoms with E-state index in [4.69, 9.17) is 11.6 Å². The summed E-state index contributed by atoms with van der Waals surface area (Å²) >= 11 is 5.77. The second-order valence-corrected chi connectivity index (χ2v) is 4.19. The molecule has 1 aromatic rings. The highest BCUT2D eigenvalue weighted by Gasteiger charge is 2.10. The Morgan fingerprint density at radius 2 is 2.31 bits per heavy atom. The lowest BCUT2D eigenvalue weighted by molar-refractivity contribution is 0.815. The minimum atomic E-state index is 0.262. The second-order valence-electron chi connectivity index (χ2n) is 3.80. The van der Waals surface area contributed by atoms with Gasteiger partial charge in [-0.05, 0) is 25.3 Å². The number of aromatic nitrogens is 2. The number of anilines is 1. The monoisotopic (exact) mass is 235 g/mol. The van der Waals surface area contributed by atoms with Crippen LogP contribution in [0.2, 0.25) is 5.15 Å². The Bertz CT molecular complexity index is 426. The Balaban J connectivity index is 2.04. The third-order valence-corrected chi connectivity index (χ3v) is 2.75. The van der Waals surface area contributed by atoms with E-state index in [2.05, 4.69) is 40.4 Å².